The molecule has 9 heteroatoms. The monoisotopic (exact) mass is 248 g/mol. The number of carbonyl (C=O) groups is 2. The molecule has 0 bridgehead atoms. The van der Waals surface area contributed by atoms with Crippen molar-refractivity contribution >= 4 is 54.3 Å². The van der Waals surface area contributed by atoms with Gasteiger partial charge in [-0.3, -0.25) is 0 Å². The first-order valence-corrected chi connectivity index (χ1v) is 1.30. The summed E-state index contributed by atoms with van der Waals surface area (Å²) in [5, 5.41) is 27.9. The Kier molecular flexibility index (Phi) is 61.3. The van der Waals surface area contributed by atoms with E-state index in [1.54, 1.807) is 0 Å². The predicted octanol–water partition coefficient (Wildman–Crippen LogP) is 0.216. The van der Waals surface area contributed by atoms with E-state index in [1.165, 1.54) is 0 Å². The topological polar surface area (TPSA) is 115 Å². The number of hydrogen-bond acceptors (Lipinski definition) is 2. The molecule has 0 heterocycles. The second kappa shape index (κ2) is 22.4. The molecule has 0 aromatic carbocycles. The molecule has 0 radical (unpaired) electrons. The van der Waals surface area contributed by atoms with E-state index in [0.29, 0.717) is 0 Å². The fourth-order valence-electron chi connectivity index (χ4n) is 0. The molecule has 4 N–H and O–H groups in total. The molecule has 0 fully saturated rings. The van der Waals surface area contributed by atoms with Crippen LogP contribution in [0.2, 0.25) is 0 Å². The molecule has 0 aromatic heterocycles. The van der Waals surface area contributed by atoms with Gasteiger partial charge in [-0.15, -0.1) is 12.4 Å². The average molecular weight is 250 g/mol. The van der Waals surface area contributed by atoms with Gasteiger partial charge in [0, 0.05) is 19.5 Å². The van der Waals surface area contributed by atoms with Crippen molar-refractivity contribution in [1.29, 1.82) is 0 Å². The normalized spacial score (nSPS) is 4.36. The van der Waals surface area contributed by atoms with Gasteiger partial charge in [0.2, 0.25) is 0 Å². The van der Waals surface area contributed by atoms with Crippen molar-refractivity contribution in [3.63, 3.8) is 0 Å². The molecule has 0 aliphatic rings. The Bertz CT molecular complexity index is 78.6. The van der Waals surface area contributed by atoms with Gasteiger partial charge in [0.25, 0.3) is 0 Å². The van der Waals surface area contributed by atoms with Crippen LogP contribution in [0.1, 0.15) is 0 Å². The van der Waals surface area contributed by atoms with Crippen LogP contribution in [0, 0.1) is 0 Å². The zero-order chi connectivity index (χ0) is 7.15. The molecular formula is C2H6ClNaO6Zn. The zero-order valence-corrected chi connectivity index (χ0v) is 8.50. The second-order valence-electron chi connectivity index (χ2n) is 0.565. The van der Waals surface area contributed by atoms with Crippen molar-refractivity contribution in [3.05, 3.63) is 0 Å². The van der Waals surface area contributed by atoms with Crippen LogP contribution in [0.3, 0.4) is 0 Å². The quantitative estimate of drug-likeness (QED) is 0.457. The Morgan fingerprint density at radius 2 is 0.818 bits per heavy atom. The minimum absolute atomic E-state index is 0. The molecule has 0 atom stereocenters. The Morgan fingerprint density at radius 1 is 0.818 bits per heavy atom. The minimum atomic E-state index is -1.83. The van der Waals surface area contributed by atoms with Crippen molar-refractivity contribution in [1.82, 2.24) is 0 Å². The van der Waals surface area contributed by atoms with E-state index >= 15 is 0 Å². The Morgan fingerprint density at radius 3 is 0.818 bits per heavy atom. The van der Waals surface area contributed by atoms with Crippen LogP contribution in [0.4, 0.5) is 9.59 Å². The first kappa shape index (κ1) is 30.1. The van der Waals surface area contributed by atoms with E-state index in [0.717, 1.165) is 0 Å². The van der Waals surface area contributed by atoms with Gasteiger partial charge in [-0.05, 0) is 0 Å². The first-order chi connectivity index (χ1) is 3.46. The molecule has 11 heavy (non-hydrogen) atoms. The van der Waals surface area contributed by atoms with E-state index < -0.39 is 12.3 Å². The SMILES string of the molecule is Cl.O=C(O)O.O=C(O)O.[NaH].[Zn]. The summed E-state index contributed by atoms with van der Waals surface area (Å²) in [6.45, 7) is 0. The van der Waals surface area contributed by atoms with Crippen molar-refractivity contribution in [3.8, 4) is 0 Å². The summed E-state index contributed by atoms with van der Waals surface area (Å²) in [5.41, 5.74) is 0. The van der Waals surface area contributed by atoms with Crippen LogP contribution >= 0.6 is 12.4 Å². The van der Waals surface area contributed by atoms with Crippen LogP contribution in [-0.4, -0.2) is 62.3 Å². The average Bonchev–Trinajstić information content (AvgIpc) is 1.25. The van der Waals surface area contributed by atoms with Gasteiger partial charge >= 0.3 is 41.9 Å². The van der Waals surface area contributed by atoms with Gasteiger partial charge in [0.1, 0.15) is 0 Å². The largest absolute Gasteiger partial charge is 0 e. The Hall–Kier alpha value is 0.453. The molecule has 0 amide bonds. The minimum Gasteiger partial charge on any atom is 0 e. The van der Waals surface area contributed by atoms with Crippen molar-refractivity contribution in [2.24, 2.45) is 0 Å². The van der Waals surface area contributed by atoms with Gasteiger partial charge < -0.3 is 20.4 Å². The van der Waals surface area contributed by atoms with E-state index in [2.05, 4.69) is 0 Å². The van der Waals surface area contributed by atoms with Gasteiger partial charge in [0.05, 0.1) is 0 Å². The summed E-state index contributed by atoms with van der Waals surface area (Å²) in [7, 11) is 0. The fraction of sp³-hybridized carbons (Fsp3) is 0. The molecule has 0 spiro atoms. The van der Waals surface area contributed by atoms with Gasteiger partial charge in [-0.2, -0.15) is 0 Å². The number of rotatable bonds is 0. The molecular weight excluding hydrogens is 244 g/mol. The predicted molar refractivity (Wildman–Crippen MR) is 35.7 cm³/mol. The summed E-state index contributed by atoms with van der Waals surface area (Å²) < 4.78 is 0. The second-order valence-corrected chi connectivity index (χ2v) is 0.565. The van der Waals surface area contributed by atoms with Gasteiger partial charge in [-0.25, -0.2) is 9.59 Å². The summed E-state index contributed by atoms with van der Waals surface area (Å²) in [6, 6.07) is 0. The van der Waals surface area contributed by atoms with Crippen LogP contribution in [0.15, 0.2) is 0 Å². The van der Waals surface area contributed by atoms with Crippen molar-refractivity contribution in [2.45, 2.75) is 0 Å². The van der Waals surface area contributed by atoms with Crippen LogP contribution in [-0.2, 0) is 19.5 Å². The van der Waals surface area contributed by atoms with Crippen molar-refractivity contribution < 1.29 is 49.5 Å². The molecule has 0 saturated heterocycles. The molecule has 0 rings (SSSR count). The van der Waals surface area contributed by atoms with Crippen LogP contribution < -0.4 is 0 Å². The summed E-state index contributed by atoms with van der Waals surface area (Å²) >= 11 is 0. The Balaban J connectivity index is -0.0000000171. The number of halogens is 1. The van der Waals surface area contributed by atoms with Gasteiger partial charge in [0.15, 0.2) is 0 Å². The van der Waals surface area contributed by atoms with Crippen molar-refractivity contribution in [2.75, 3.05) is 0 Å². The van der Waals surface area contributed by atoms with E-state index in [-0.39, 0.29) is 61.4 Å². The maximum atomic E-state index is 8.56. The smallest absolute Gasteiger partial charge is 0 e. The number of carboxylic acid groups (broad SMARTS) is 4. The standard InChI is InChI=1S/2CH2O3.ClH.Na.Zn.H/c2*2-1(3)4;;;;/h2*(H2,2,3,4);1H;;;. The molecule has 0 unspecified atom stereocenters. The molecule has 0 saturated carbocycles. The third-order valence-corrected chi connectivity index (χ3v) is 0. The zero-order valence-electron chi connectivity index (χ0n) is 4.72. The van der Waals surface area contributed by atoms with E-state index in [4.69, 9.17) is 30.0 Å². The van der Waals surface area contributed by atoms with E-state index in [9.17, 15) is 0 Å². The molecule has 0 aromatic rings. The van der Waals surface area contributed by atoms with E-state index in [1.807, 2.05) is 0 Å². The summed E-state index contributed by atoms with van der Waals surface area (Å²) in [5.74, 6) is 0. The van der Waals surface area contributed by atoms with Crippen LogP contribution in [0.25, 0.3) is 0 Å². The van der Waals surface area contributed by atoms with Crippen LogP contribution in [0.5, 0.6) is 0 Å². The maximum Gasteiger partial charge on any atom is 0 e. The van der Waals surface area contributed by atoms with Gasteiger partial charge in [-0.1, -0.05) is 0 Å². The molecule has 6 nitrogen and oxygen atoms in total. The third-order valence-electron chi connectivity index (χ3n) is 0. The Labute approximate surface area is 103 Å². The molecule has 60 valence electrons. The number of hydrogen-bond donors (Lipinski definition) is 4. The summed E-state index contributed by atoms with van der Waals surface area (Å²) in [4.78, 5) is 17.1. The molecule has 0 aliphatic heterocycles. The first-order valence-electron chi connectivity index (χ1n) is 1.30. The fourth-order valence-corrected chi connectivity index (χ4v) is 0. The maximum absolute atomic E-state index is 8.56. The summed E-state index contributed by atoms with van der Waals surface area (Å²) in [6.07, 6.45) is -3.67. The molecule has 0 aliphatic carbocycles. The third kappa shape index (κ3) is 3630.